The molecule has 16 heavy (non-hydrogen) atoms. The van der Waals surface area contributed by atoms with Crippen LogP contribution in [0, 0.1) is 0 Å². The summed E-state index contributed by atoms with van der Waals surface area (Å²) in [6.07, 6.45) is 0.723. The number of likely N-dealkylation sites (N-methyl/N-ethyl adjacent to an activating group) is 1. The monoisotopic (exact) mass is 292 g/mol. The van der Waals surface area contributed by atoms with Crippen molar-refractivity contribution in [3.63, 3.8) is 0 Å². The van der Waals surface area contributed by atoms with Gasteiger partial charge >= 0.3 is 0 Å². The maximum absolute atomic E-state index is 11.8. The van der Waals surface area contributed by atoms with E-state index in [0.717, 1.165) is 6.42 Å². The first-order valence-corrected chi connectivity index (χ1v) is 6.56. The Morgan fingerprint density at radius 3 is 2.25 bits per heavy atom. The molecule has 1 unspecified atom stereocenters. The predicted octanol–water partition coefficient (Wildman–Crippen LogP) is 1.53. The molecule has 94 valence electrons. The van der Waals surface area contributed by atoms with Crippen molar-refractivity contribution in [3.05, 3.63) is 0 Å². The van der Waals surface area contributed by atoms with Gasteiger partial charge in [-0.2, -0.15) is 0 Å². The van der Waals surface area contributed by atoms with E-state index in [1.54, 1.807) is 4.90 Å². The zero-order valence-corrected chi connectivity index (χ0v) is 12.0. The number of hydrogen-bond acceptors (Lipinski definition) is 2. The number of carbonyl (C=O) groups excluding carboxylic acids is 2. The molecule has 0 bridgehead atoms. The molecular formula is C11H21BrN2O2. The van der Waals surface area contributed by atoms with E-state index >= 15 is 0 Å². The van der Waals surface area contributed by atoms with Crippen LogP contribution in [0.5, 0.6) is 0 Å². The third-order valence-corrected chi connectivity index (χ3v) is 3.14. The molecule has 4 nitrogen and oxygen atoms in total. The van der Waals surface area contributed by atoms with Crippen LogP contribution in [0.2, 0.25) is 0 Å². The van der Waals surface area contributed by atoms with Crippen molar-refractivity contribution in [2.24, 2.45) is 0 Å². The maximum atomic E-state index is 11.8. The second kappa shape index (κ2) is 7.65. The van der Waals surface area contributed by atoms with E-state index < -0.39 is 0 Å². The zero-order chi connectivity index (χ0) is 12.7. The summed E-state index contributed by atoms with van der Waals surface area (Å²) in [6, 6.07) is 0.104. The quantitative estimate of drug-likeness (QED) is 0.755. The normalized spacial score (nSPS) is 12.4. The fourth-order valence-electron chi connectivity index (χ4n) is 1.26. The molecule has 0 aliphatic heterocycles. The van der Waals surface area contributed by atoms with Crippen LogP contribution in [-0.4, -0.2) is 40.7 Å². The number of hydrogen-bond donors (Lipinski definition) is 1. The van der Waals surface area contributed by atoms with Crippen LogP contribution < -0.4 is 5.32 Å². The molecule has 2 amide bonds. The van der Waals surface area contributed by atoms with Crippen LogP contribution in [0.25, 0.3) is 0 Å². The molecule has 0 saturated carbocycles. The third kappa shape index (κ3) is 5.49. The zero-order valence-electron chi connectivity index (χ0n) is 10.4. The van der Waals surface area contributed by atoms with Gasteiger partial charge in [0.1, 0.15) is 0 Å². The first-order chi connectivity index (χ1) is 7.42. The number of alkyl halides is 1. The number of nitrogens with one attached hydrogen (secondary N) is 1. The van der Waals surface area contributed by atoms with Gasteiger partial charge in [0.05, 0.1) is 11.4 Å². The summed E-state index contributed by atoms with van der Waals surface area (Å²) < 4.78 is 0. The smallest absolute Gasteiger partial charge is 0.239 e. The summed E-state index contributed by atoms with van der Waals surface area (Å²) in [5.74, 6) is -0.134. The molecule has 1 N–H and O–H groups in total. The first kappa shape index (κ1) is 15.4. The van der Waals surface area contributed by atoms with Crippen molar-refractivity contribution >= 4 is 27.7 Å². The van der Waals surface area contributed by atoms with Gasteiger partial charge in [-0.1, -0.05) is 22.9 Å². The Morgan fingerprint density at radius 2 is 1.88 bits per heavy atom. The SMILES string of the molecule is CCC(Br)C(=O)N(CC)CC(=O)NC(C)C. The van der Waals surface area contributed by atoms with Gasteiger partial charge in [-0.05, 0) is 27.2 Å². The lowest BCUT2D eigenvalue weighted by molar-refractivity contribution is -0.135. The second-order valence-corrected chi connectivity index (χ2v) is 5.06. The van der Waals surface area contributed by atoms with E-state index in [9.17, 15) is 9.59 Å². The van der Waals surface area contributed by atoms with Gasteiger partial charge in [0.25, 0.3) is 0 Å². The summed E-state index contributed by atoms with van der Waals surface area (Å²) in [7, 11) is 0. The van der Waals surface area contributed by atoms with Gasteiger partial charge < -0.3 is 10.2 Å². The Labute approximate surface area is 106 Å². The second-order valence-electron chi connectivity index (χ2n) is 3.95. The molecule has 1 atom stereocenters. The molecule has 0 aromatic rings. The Morgan fingerprint density at radius 1 is 1.31 bits per heavy atom. The van der Waals surface area contributed by atoms with E-state index in [2.05, 4.69) is 21.2 Å². The van der Waals surface area contributed by atoms with Crippen molar-refractivity contribution in [2.75, 3.05) is 13.1 Å². The van der Waals surface area contributed by atoms with E-state index in [1.807, 2.05) is 27.7 Å². The van der Waals surface area contributed by atoms with E-state index in [4.69, 9.17) is 0 Å². The molecule has 0 saturated heterocycles. The van der Waals surface area contributed by atoms with Crippen molar-refractivity contribution < 1.29 is 9.59 Å². The summed E-state index contributed by atoms with van der Waals surface area (Å²) >= 11 is 3.30. The molecule has 0 aliphatic rings. The highest BCUT2D eigenvalue weighted by atomic mass is 79.9. The summed E-state index contributed by atoms with van der Waals surface area (Å²) in [5, 5.41) is 2.77. The van der Waals surface area contributed by atoms with Crippen LogP contribution in [0.4, 0.5) is 0 Å². The van der Waals surface area contributed by atoms with Crippen LogP contribution in [0.15, 0.2) is 0 Å². The average molecular weight is 293 g/mol. The lowest BCUT2D eigenvalue weighted by Crippen LogP contribution is -2.44. The Kier molecular flexibility index (Phi) is 7.38. The highest BCUT2D eigenvalue weighted by molar-refractivity contribution is 9.10. The Bertz CT molecular complexity index is 244. The number of carbonyl (C=O) groups is 2. The number of nitrogens with zero attached hydrogens (tertiary/aromatic N) is 1. The van der Waals surface area contributed by atoms with Gasteiger partial charge in [-0.3, -0.25) is 9.59 Å². The van der Waals surface area contributed by atoms with Gasteiger partial charge in [0.2, 0.25) is 11.8 Å². The predicted molar refractivity (Wildman–Crippen MR) is 68.5 cm³/mol. The van der Waals surface area contributed by atoms with E-state index in [0.29, 0.717) is 6.54 Å². The van der Waals surface area contributed by atoms with Gasteiger partial charge in [0.15, 0.2) is 0 Å². The molecular weight excluding hydrogens is 272 g/mol. The lowest BCUT2D eigenvalue weighted by Gasteiger charge is -2.23. The molecule has 0 aliphatic carbocycles. The maximum Gasteiger partial charge on any atom is 0.239 e. The van der Waals surface area contributed by atoms with Crippen LogP contribution in [-0.2, 0) is 9.59 Å². The van der Waals surface area contributed by atoms with Crippen molar-refractivity contribution in [2.45, 2.75) is 45.0 Å². The van der Waals surface area contributed by atoms with Crippen molar-refractivity contribution in [1.82, 2.24) is 10.2 Å². The van der Waals surface area contributed by atoms with Crippen molar-refractivity contribution in [3.8, 4) is 0 Å². The minimum Gasteiger partial charge on any atom is -0.352 e. The highest BCUT2D eigenvalue weighted by Gasteiger charge is 2.21. The fourth-order valence-corrected chi connectivity index (χ4v) is 1.55. The van der Waals surface area contributed by atoms with Crippen molar-refractivity contribution in [1.29, 1.82) is 0 Å². The summed E-state index contributed by atoms with van der Waals surface area (Å²) in [5.41, 5.74) is 0. The molecule has 5 heteroatoms. The molecule has 0 spiro atoms. The largest absolute Gasteiger partial charge is 0.352 e. The standard InChI is InChI=1S/C11H21BrN2O2/c1-5-9(12)11(16)14(6-2)7-10(15)13-8(3)4/h8-9H,5-7H2,1-4H3,(H,13,15). The van der Waals surface area contributed by atoms with E-state index in [1.165, 1.54) is 0 Å². The molecule has 0 rings (SSSR count). The minimum atomic E-state index is -0.195. The number of amides is 2. The summed E-state index contributed by atoms with van der Waals surface area (Å²) in [6.45, 7) is 8.28. The average Bonchev–Trinajstić information content (AvgIpc) is 2.22. The Hall–Kier alpha value is -0.580. The molecule has 0 heterocycles. The molecule has 0 radical (unpaired) electrons. The van der Waals surface area contributed by atoms with E-state index in [-0.39, 0.29) is 29.2 Å². The third-order valence-electron chi connectivity index (χ3n) is 2.10. The van der Waals surface area contributed by atoms with Crippen LogP contribution in [0.3, 0.4) is 0 Å². The molecule has 0 fully saturated rings. The van der Waals surface area contributed by atoms with Gasteiger partial charge in [-0.15, -0.1) is 0 Å². The first-order valence-electron chi connectivity index (χ1n) is 5.64. The molecule has 0 aromatic carbocycles. The molecule has 0 aromatic heterocycles. The fraction of sp³-hybridized carbons (Fsp3) is 0.818. The number of halogens is 1. The van der Waals surface area contributed by atoms with Gasteiger partial charge in [0, 0.05) is 12.6 Å². The van der Waals surface area contributed by atoms with Crippen LogP contribution >= 0.6 is 15.9 Å². The minimum absolute atomic E-state index is 0.0242. The highest BCUT2D eigenvalue weighted by Crippen LogP contribution is 2.08. The lowest BCUT2D eigenvalue weighted by atomic mass is 10.3. The van der Waals surface area contributed by atoms with Gasteiger partial charge in [-0.25, -0.2) is 0 Å². The summed E-state index contributed by atoms with van der Waals surface area (Å²) in [4.78, 5) is 24.7. The van der Waals surface area contributed by atoms with Crippen LogP contribution in [0.1, 0.15) is 34.1 Å². The number of rotatable bonds is 6. The Balaban J connectivity index is 4.29. The topological polar surface area (TPSA) is 49.4 Å².